The van der Waals surface area contributed by atoms with Crippen molar-refractivity contribution in [3.05, 3.63) is 0 Å². The van der Waals surface area contributed by atoms with Gasteiger partial charge in [-0.1, -0.05) is 266 Å². The molecule has 0 bridgehead atoms. The molecule has 0 aromatic carbocycles. The van der Waals surface area contributed by atoms with Crippen molar-refractivity contribution < 1.29 is 28.6 Å². The van der Waals surface area contributed by atoms with E-state index in [1.54, 1.807) is 0 Å². The van der Waals surface area contributed by atoms with Gasteiger partial charge in [0.15, 0.2) is 6.10 Å². The summed E-state index contributed by atoms with van der Waals surface area (Å²) in [6.45, 7) is 13.7. The van der Waals surface area contributed by atoms with Crippen molar-refractivity contribution in [3.63, 3.8) is 0 Å². The molecule has 6 nitrogen and oxygen atoms in total. The van der Waals surface area contributed by atoms with Gasteiger partial charge in [-0.25, -0.2) is 0 Å². The molecule has 0 amide bonds. The maximum absolute atomic E-state index is 12.8. The zero-order valence-electron chi connectivity index (χ0n) is 42.7. The molecule has 62 heavy (non-hydrogen) atoms. The van der Waals surface area contributed by atoms with Gasteiger partial charge in [0.1, 0.15) is 13.2 Å². The number of carbonyl (C=O) groups excluding carboxylic acids is 3. The first-order valence-electron chi connectivity index (χ1n) is 27.6. The van der Waals surface area contributed by atoms with Gasteiger partial charge in [-0.15, -0.1) is 0 Å². The van der Waals surface area contributed by atoms with Gasteiger partial charge in [-0.3, -0.25) is 14.4 Å². The van der Waals surface area contributed by atoms with Crippen molar-refractivity contribution in [2.24, 2.45) is 17.8 Å². The molecule has 368 valence electrons. The third-order valence-electron chi connectivity index (χ3n) is 13.0. The maximum atomic E-state index is 12.8. The zero-order chi connectivity index (χ0) is 45.6. The van der Waals surface area contributed by atoms with Crippen LogP contribution in [0.2, 0.25) is 0 Å². The fourth-order valence-electron chi connectivity index (χ4n) is 8.44. The van der Waals surface area contributed by atoms with Crippen LogP contribution in [-0.2, 0) is 28.6 Å². The SMILES string of the molecule is CCC(C)CCCCCCCCC(=O)O[C@H](COC(=O)CCCCCCCCCCCCCCCCCCCCC(C)C)COC(=O)CCCCCCCCCCCCC(C)C. The number of rotatable bonds is 49. The highest BCUT2D eigenvalue weighted by molar-refractivity contribution is 5.71. The largest absolute Gasteiger partial charge is 0.462 e. The van der Waals surface area contributed by atoms with E-state index in [0.717, 1.165) is 75.5 Å². The summed E-state index contributed by atoms with van der Waals surface area (Å²) in [5.41, 5.74) is 0. The summed E-state index contributed by atoms with van der Waals surface area (Å²) in [5, 5.41) is 0. The lowest BCUT2D eigenvalue weighted by molar-refractivity contribution is -0.167. The summed E-state index contributed by atoms with van der Waals surface area (Å²) >= 11 is 0. The smallest absolute Gasteiger partial charge is 0.306 e. The van der Waals surface area contributed by atoms with Gasteiger partial charge in [-0.05, 0) is 37.0 Å². The third kappa shape index (κ3) is 47.9. The molecule has 2 atom stereocenters. The minimum atomic E-state index is -0.763. The number of hydrogen-bond acceptors (Lipinski definition) is 6. The number of ether oxygens (including phenoxy) is 3. The van der Waals surface area contributed by atoms with Gasteiger partial charge in [0.2, 0.25) is 0 Å². The molecule has 0 radical (unpaired) electrons. The van der Waals surface area contributed by atoms with E-state index in [1.165, 1.54) is 186 Å². The van der Waals surface area contributed by atoms with Gasteiger partial charge >= 0.3 is 17.9 Å². The van der Waals surface area contributed by atoms with Crippen LogP contribution in [0.3, 0.4) is 0 Å². The molecule has 0 saturated heterocycles. The Morgan fingerprint density at radius 1 is 0.323 bits per heavy atom. The molecule has 0 aromatic rings. The molecule has 0 N–H and O–H groups in total. The Morgan fingerprint density at radius 3 is 0.839 bits per heavy atom. The predicted octanol–water partition coefficient (Wildman–Crippen LogP) is 17.9. The highest BCUT2D eigenvalue weighted by atomic mass is 16.6. The lowest BCUT2D eigenvalue weighted by Gasteiger charge is -2.18. The van der Waals surface area contributed by atoms with Gasteiger partial charge in [0.25, 0.3) is 0 Å². The first-order valence-corrected chi connectivity index (χ1v) is 27.6. The van der Waals surface area contributed by atoms with Crippen LogP contribution in [0.25, 0.3) is 0 Å². The summed E-state index contributed by atoms with van der Waals surface area (Å²) in [5.74, 6) is 1.63. The molecule has 0 heterocycles. The highest BCUT2D eigenvalue weighted by Crippen LogP contribution is 2.18. The Balaban J connectivity index is 4.20. The molecule has 6 heteroatoms. The van der Waals surface area contributed by atoms with E-state index in [2.05, 4.69) is 41.5 Å². The Hall–Kier alpha value is -1.59. The van der Waals surface area contributed by atoms with Gasteiger partial charge in [-0.2, -0.15) is 0 Å². The first-order chi connectivity index (χ1) is 30.1. The summed E-state index contributed by atoms with van der Waals surface area (Å²) < 4.78 is 16.8. The van der Waals surface area contributed by atoms with Crippen LogP contribution in [0.15, 0.2) is 0 Å². The molecular formula is C56H108O6. The van der Waals surface area contributed by atoms with Gasteiger partial charge < -0.3 is 14.2 Å². The van der Waals surface area contributed by atoms with Crippen molar-refractivity contribution in [2.75, 3.05) is 13.2 Å². The average Bonchev–Trinajstić information content (AvgIpc) is 3.24. The normalized spacial score (nSPS) is 12.6. The second-order valence-corrected chi connectivity index (χ2v) is 20.4. The van der Waals surface area contributed by atoms with E-state index < -0.39 is 6.10 Å². The van der Waals surface area contributed by atoms with Crippen LogP contribution in [0.1, 0.15) is 305 Å². The van der Waals surface area contributed by atoms with Crippen LogP contribution < -0.4 is 0 Å². The molecule has 0 saturated carbocycles. The molecule has 0 rings (SSSR count). The van der Waals surface area contributed by atoms with Crippen molar-refractivity contribution in [1.29, 1.82) is 0 Å². The fraction of sp³-hybridized carbons (Fsp3) is 0.946. The van der Waals surface area contributed by atoms with E-state index >= 15 is 0 Å². The van der Waals surface area contributed by atoms with Crippen molar-refractivity contribution in [1.82, 2.24) is 0 Å². The molecule has 0 fully saturated rings. The van der Waals surface area contributed by atoms with Gasteiger partial charge in [0.05, 0.1) is 0 Å². The standard InChI is InChI=1S/C56H108O6/c1-7-52(6)44-38-32-28-29-35-41-47-56(59)62-53(49-61-55(58)46-40-34-27-23-19-18-21-25-31-37-43-51(4)5)48-60-54(57)45-39-33-26-22-17-15-13-11-9-8-10-12-14-16-20-24-30-36-42-50(2)3/h50-53H,7-49H2,1-6H3/t52?,53-/m1/s1. The molecular weight excluding hydrogens is 769 g/mol. The Bertz CT molecular complexity index is 962. The van der Waals surface area contributed by atoms with Crippen LogP contribution in [0, 0.1) is 17.8 Å². The minimum Gasteiger partial charge on any atom is -0.462 e. The number of unbranched alkanes of at least 4 members (excludes halogenated alkanes) is 31. The Labute approximate surface area is 387 Å². The number of esters is 3. The fourth-order valence-corrected chi connectivity index (χ4v) is 8.44. The lowest BCUT2D eigenvalue weighted by Crippen LogP contribution is -2.30. The number of hydrogen-bond donors (Lipinski definition) is 0. The second kappa shape index (κ2) is 47.4. The highest BCUT2D eigenvalue weighted by Gasteiger charge is 2.19. The molecule has 0 aliphatic carbocycles. The molecule has 0 spiro atoms. The van der Waals surface area contributed by atoms with Gasteiger partial charge in [0, 0.05) is 19.3 Å². The summed E-state index contributed by atoms with van der Waals surface area (Å²) in [6, 6.07) is 0. The Morgan fingerprint density at radius 2 is 0.565 bits per heavy atom. The lowest BCUT2D eigenvalue weighted by atomic mass is 10.00. The van der Waals surface area contributed by atoms with Crippen LogP contribution >= 0.6 is 0 Å². The van der Waals surface area contributed by atoms with Crippen molar-refractivity contribution in [2.45, 2.75) is 311 Å². The predicted molar refractivity (Wildman–Crippen MR) is 266 cm³/mol. The van der Waals surface area contributed by atoms with Crippen LogP contribution in [0.4, 0.5) is 0 Å². The summed E-state index contributed by atoms with van der Waals surface area (Å²) in [4.78, 5) is 38.0. The molecule has 0 aliphatic heterocycles. The summed E-state index contributed by atoms with van der Waals surface area (Å²) in [7, 11) is 0. The second-order valence-electron chi connectivity index (χ2n) is 20.4. The van der Waals surface area contributed by atoms with E-state index in [1.807, 2.05) is 0 Å². The maximum Gasteiger partial charge on any atom is 0.306 e. The quantitative estimate of drug-likeness (QED) is 0.0344. The van der Waals surface area contributed by atoms with E-state index in [-0.39, 0.29) is 31.1 Å². The average molecular weight is 877 g/mol. The van der Waals surface area contributed by atoms with Crippen molar-refractivity contribution >= 4 is 17.9 Å². The van der Waals surface area contributed by atoms with Crippen molar-refractivity contribution in [3.8, 4) is 0 Å². The molecule has 0 aromatic heterocycles. The first kappa shape index (κ1) is 60.4. The molecule has 1 unspecified atom stereocenters. The van der Waals surface area contributed by atoms with E-state index in [9.17, 15) is 14.4 Å². The van der Waals surface area contributed by atoms with Crippen LogP contribution in [0.5, 0.6) is 0 Å². The van der Waals surface area contributed by atoms with E-state index in [4.69, 9.17) is 14.2 Å². The minimum absolute atomic E-state index is 0.0650. The third-order valence-corrected chi connectivity index (χ3v) is 13.0. The molecule has 0 aliphatic rings. The zero-order valence-corrected chi connectivity index (χ0v) is 42.7. The topological polar surface area (TPSA) is 78.9 Å². The number of carbonyl (C=O) groups is 3. The van der Waals surface area contributed by atoms with E-state index in [0.29, 0.717) is 19.3 Å². The van der Waals surface area contributed by atoms with Crippen LogP contribution in [-0.4, -0.2) is 37.2 Å². The summed E-state index contributed by atoms with van der Waals surface area (Å²) in [6.07, 6.45) is 48.2. The Kier molecular flexibility index (Phi) is 46.2. The monoisotopic (exact) mass is 877 g/mol.